The highest BCUT2D eigenvalue weighted by atomic mass is 16.5. The van der Waals surface area contributed by atoms with Crippen LogP contribution in [0.5, 0.6) is 5.75 Å². The van der Waals surface area contributed by atoms with Crippen LogP contribution < -0.4 is 10.5 Å². The van der Waals surface area contributed by atoms with Gasteiger partial charge in [-0.1, -0.05) is 31.0 Å². The summed E-state index contributed by atoms with van der Waals surface area (Å²) < 4.78 is 7.60. The Hall–Kier alpha value is -1.74. The zero-order valence-electron chi connectivity index (χ0n) is 12.6. The smallest absolute Gasteiger partial charge is 0.123 e. The van der Waals surface area contributed by atoms with Crippen LogP contribution in [0.25, 0.3) is 0 Å². The summed E-state index contributed by atoms with van der Waals surface area (Å²) >= 11 is 0. The molecule has 1 unspecified atom stereocenters. The molecule has 20 heavy (non-hydrogen) atoms. The second kappa shape index (κ2) is 6.62. The lowest BCUT2D eigenvalue weighted by molar-refractivity contribution is 0.408. The van der Waals surface area contributed by atoms with Crippen molar-refractivity contribution in [1.82, 2.24) is 4.57 Å². The Morgan fingerprint density at radius 1 is 1.30 bits per heavy atom. The van der Waals surface area contributed by atoms with E-state index in [2.05, 4.69) is 49.0 Å². The molecule has 0 saturated heterocycles. The van der Waals surface area contributed by atoms with Gasteiger partial charge in [0.25, 0.3) is 0 Å². The predicted octanol–water partition coefficient (Wildman–Crippen LogP) is 3.65. The number of nitrogens with two attached hydrogens (primary N) is 1. The molecule has 1 aromatic heterocycles. The zero-order valence-corrected chi connectivity index (χ0v) is 12.6. The van der Waals surface area contributed by atoms with Crippen LogP contribution in [0, 0.1) is 6.92 Å². The number of hydrogen-bond acceptors (Lipinski definition) is 2. The van der Waals surface area contributed by atoms with Crippen molar-refractivity contribution in [2.75, 3.05) is 7.11 Å². The summed E-state index contributed by atoms with van der Waals surface area (Å²) in [6.07, 6.45) is 6.37. The molecule has 0 spiro atoms. The second-order valence-corrected chi connectivity index (χ2v) is 5.33. The Bertz CT molecular complexity index is 560. The van der Waals surface area contributed by atoms with Crippen molar-refractivity contribution in [1.29, 1.82) is 0 Å². The fraction of sp³-hybridized carbons (Fsp3) is 0.412. The lowest BCUT2D eigenvalue weighted by Gasteiger charge is -2.11. The highest BCUT2D eigenvalue weighted by molar-refractivity contribution is 5.37. The summed E-state index contributed by atoms with van der Waals surface area (Å²) in [5, 5.41) is 0. The third-order valence-corrected chi connectivity index (χ3v) is 3.59. The average Bonchev–Trinajstić information content (AvgIpc) is 2.88. The van der Waals surface area contributed by atoms with Crippen molar-refractivity contribution in [3.8, 4) is 5.75 Å². The molecule has 0 radical (unpaired) electrons. The van der Waals surface area contributed by atoms with E-state index >= 15 is 0 Å². The maximum Gasteiger partial charge on any atom is 0.123 e. The van der Waals surface area contributed by atoms with Crippen molar-refractivity contribution >= 4 is 0 Å². The molecule has 2 rings (SSSR count). The van der Waals surface area contributed by atoms with E-state index in [1.807, 2.05) is 6.07 Å². The van der Waals surface area contributed by atoms with Crippen molar-refractivity contribution in [2.24, 2.45) is 5.73 Å². The van der Waals surface area contributed by atoms with E-state index in [9.17, 15) is 0 Å². The third kappa shape index (κ3) is 3.42. The summed E-state index contributed by atoms with van der Waals surface area (Å²) in [5.74, 6) is 0.934. The maximum absolute atomic E-state index is 6.15. The minimum Gasteiger partial charge on any atom is -0.496 e. The number of benzene rings is 1. The highest BCUT2D eigenvalue weighted by Crippen LogP contribution is 2.22. The van der Waals surface area contributed by atoms with Crippen molar-refractivity contribution in [3.63, 3.8) is 0 Å². The van der Waals surface area contributed by atoms with Gasteiger partial charge in [0.05, 0.1) is 13.7 Å². The molecule has 2 aromatic rings. The molecule has 0 aliphatic rings. The Balaban J connectivity index is 2.16. The van der Waals surface area contributed by atoms with Crippen molar-refractivity contribution in [2.45, 2.75) is 39.3 Å². The molecule has 1 aromatic carbocycles. The largest absolute Gasteiger partial charge is 0.496 e. The van der Waals surface area contributed by atoms with Gasteiger partial charge < -0.3 is 15.0 Å². The Labute approximate surface area is 121 Å². The first-order chi connectivity index (χ1) is 9.63. The van der Waals surface area contributed by atoms with Gasteiger partial charge in [-0.15, -0.1) is 0 Å². The Kier molecular flexibility index (Phi) is 4.85. The first kappa shape index (κ1) is 14.7. The van der Waals surface area contributed by atoms with Gasteiger partial charge in [-0.2, -0.15) is 0 Å². The first-order valence-corrected chi connectivity index (χ1v) is 7.18. The molecule has 0 aliphatic carbocycles. The molecule has 0 aliphatic heterocycles. The van der Waals surface area contributed by atoms with Gasteiger partial charge in [-0.05, 0) is 31.0 Å². The minimum absolute atomic E-state index is 0.139. The average molecular weight is 272 g/mol. The molecule has 0 fully saturated rings. The number of rotatable bonds is 6. The monoisotopic (exact) mass is 272 g/mol. The van der Waals surface area contributed by atoms with E-state index in [1.54, 1.807) is 7.11 Å². The van der Waals surface area contributed by atoms with Crippen LogP contribution in [0.4, 0.5) is 0 Å². The summed E-state index contributed by atoms with van der Waals surface area (Å²) in [6, 6.07) is 8.52. The number of ether oxygens (including phenoxy) is 1. The molecule has 1 heterocycles. The number of aryl methyl sites for hydroxylation is 1. The van der Waals surface area contributed by atoms with Crippen LogP contribution in [-0.2, 0) is 6.54 Å². The summed E-state index contributed by atoms with van der Waals surface area (Å²) in [6.45, 7) is 5.07. The van der Waals surface area contributed by atoms with Gasteiger partial charge in [0, 0.05) is 24.0 Å². The van der Waals surface area contributed by atoms with Crippen molar-refractivity contribution < 1.29 is 4.74 Å². The van der Waals surface area contributed by atoms with Crippen LogP contribution in [0.1, 0.15) is 42.5 Å². The molecule has 108 valence electrons. The van der Waals surface area contributed by atoms with Gasteiger partial charge in [0.15, 0.2) is 0 Å². The van der Waals surface area contributed by atoms with E-state index in [1.165, 1.54) is 16.7 Å². The summed E-state index contributed by atoms with van der Waals surface area (Å²) in [7, 11) is 1.71. The molecule has 1 atom stereocenters. The fourth-order valence-corrected chi connectivity index (χ4v) is 2.48. The molecule has 2 N–H and O–H groups in total. The van der Waals surface area contributed by atoms with Gasteiger partial charge in [-0.3, -0.25) is 0 Å². The topological polar surface area (TPSA) is 40.2 Å². The number of methoxy groups -OCH3 is 1. The minimum atomic E-state index is 0.139. The highest BCUT2D eigenvalue weighted by Gasteiger charge is 2.08. The standard InChI is InChI=1S/C17H24N2O/c1-4-5-16(18)14-8-9-19(11-14)12-15-10-13(2)6-7-17(15)20-3/h6-11,16H,4-5,12,18H2,1-3H3. The van der Waals surface area contributed by atoms with Gasteiger partial charge in [0.1, 0.15) is 5.75 Å². The number of aromatic nitrogens is 1. The summed E-state index contributed by atoms with van der Waals surface area (Å²) in [5.41, 5.74) is 9.80. The number of hydrogen-bond donors (Lipinski definition) is 1. The van der Waals surface area contributed by atoms with E-state index in [-0.39, 0.29) is 6.04 Å². The lowest BCUT2D eigenvalue weighted by Crippen LogP contribution is -2.08. The molecule has 0 bridgehead atoms. The Morgan fingerprint density at radius 3 is 2.80 bits per heavy atom. The molecular weight excluding hydrogens is 248 g/mol. The van der Waals surface area contributed by atoms with E-state index in [4.69, 9.17) is 10.5 Å². The van der Waals surface area contributed by atoms with Gasteiger partial charge in [-0.25, -0.2) is 0 Å². The van der Waals surface area contributed by atoms with Crippen LogP contribution in [0.15, 0.2) is 36.7 Å². The molecule has 0 amide bonds. The second-order valence-electron chi connectivity index (χ2n) is 5.33. The lowest BCUT2D eigenvalue weighted by atomic mass is 10.1. The first-order valence-electron chi connectivity index (χ1n) is 7.18. The predicted molar refractivity (Wildman–Crippen MR) is 83.1 cm³/mol. The van der Waals surface area contributed by atoms with E-state index in [0.717, 1.165) is 25.1 Å². The molecule has 0 saturated carbocycles. The summed E-state index contributed by atoms with van der Waals surface area (Å²) in [4.78, 5) is 0. The van der Waals surface area contributed by atoms with Crippen LogP contribution in [-0.4, -0.2) is 11.7 Å². The molecular formula is C17H24N2O. The zero-order chi connectivity index (χ0) is 14.5. The maximum atomic E-state index is 6.15. The van der Waals surface area contributed by atoms with Crippen LogP contribution in [0.3, 0.4) is 0 Å². The molecule has 3 nitrogen and oxygen atoms in total. The third-order valence-electron chi connectivity index (χ3n) is 3.59. The quantitative estimate of drug-likeness (QED) is 0.872. The SMILES string of the molecule is CCCC(N)c1ccn(Cc2cc(C)ccc2OC)c1. The van der Waals surface area contributed by atoms with Crippen molar-refractivity contribution in [3.05, 3.63) is 53.3 Å². The fourth-order valence-electron chi connectivity index (χ4n) is 2.48. The van der Waals surface area contributed by atoms with Gasteiger partial charge in [0.2, 0.25) is 0 Å². The Morgan fingerprint density at radius 2 is 2.10 bits per heavy atom. The number of nitrogens with zero attached hydrogens (tertiary/aromatic N) is 1. The molecule has 3 heteroatoms. The van der Waals surface area contributed by atoms with E-state index < -0.39 is 0 Å². The van der Waals surface area contributed by atoms with Crippen LogP contribution in [0.2, 0.25) is 0 Å². The van der Waals surface area contributed by atoms with Crippen LogP contribution >= 0.6 is 0 Å². The normalized spacial score (nSPS) is 12.4. The van der Waals surface area contributed by atoms with Gasteiger partial charge >= 0.3 is 0 Å². The van der Waals surface area contributed by atoms with E-state index in [0.29, 0.717) is 0 Å².